The number of anilines is 1. The van der Waals surface area contributed by atoms with Crippen LogP contribution in [-0.2, 0) is 17.4 Å². The lowest BCUT2D eigenvalue weighted by Gasteiger charge is -2.11. The van der Waals surface area contributed by atoms with Crippen LogP contribution in [0.5, 0.6) is 0 Å². The maximum absolute atomic E-state index is 13.1. The molecule has 0 spiro atoms. The van der Waals surface area contributed by atoms with Crippen LogP contribution in [0.4, 0.5) is 18.3 Å². The van der Waals surface area contributed by atoms with Gasteiger partial charge >= 0.3 is 6.18 Å². The third-order valence-electron chi connectivity index (χ3n) is 4.47. The highest BCUT2D eigenvalue weighted by atomic mass is 32.1. The molecule has 1 heterocycles. The van der Waals surface area contributed by atoms with Crippen LogP contribution in [-0.4, -0.2) is 23.3 Å². The van der Waals surface area contributed by atoms with E-state index in [1.54, 1.807) is 5.38 Å². The van der Waals surface area contributed by atoms with Crippen LogP contribution in [0, 0.1) is 0 Å². The predicted molar refractivity (Wildman–Crippen MR) is 114 cm³/mol. The average Bonchev–Trinajstić information content (AvgIpc) is 3.19. The monoisotopic (exact) mass is 447 g/mol. The fourth-order valence-electron chi connectivity index (χ4n) is 2.96. The summed E-state index contributed by atoms with van der Waals surface area (Å²) in [6.07, 6.45) is -2.98. The molecule has 162 valence electrons. The van der Waals surface area contributed by atoms with Crippen molar-refractivity contribution in [3.63, 3.8) is 0 Å². The lowest BCUT2D eigenvalue weighted by molar-refractivity contribution is -0.137. The first-order chi connectivity index (χ1) is 14.7. The number of thiazole rings is 1. The van der Waals surface area contributed by atoms with Gasteiger partial charge in [-0.25, -0.2) is 4.98 Å². The molecule has 2 amide bonds. The Morgan fingerprint density at radius 2 is 1.77 bits per heavy atom. The van der Waals surface area contributed by atoms with Gasteiger partial charge in [-0.3, -0.25) is 14.9 Å². The summed E-state index contributed by atoms with van der Waals surface area (Å²) in [5, 5.41) is 7.15. The minimum atomic E-state index is -4.62. The van der Waals surface area contributed by atoms with E-state index in [0.29, 0.717) is 12.2 Å². The van der Waals surface area contributed by atoms with Crippen molar-refractivity contribution in [3.8, 4) is 11.3 Å². The second-order valence-corrected chi connectivity index (χ2v) is 7.68. The van der Waals surface area contributed by atoms with E-state index in [9.17, 15) is 22.8 Å². The molecule has 0 atom stereocenters. The fraction of sp³-hybridized carbons (Fsp3) is 0.227. The number of rotatable bonds is 7. The molecule has 0 fully saturated rings. The number of hydrogen-bond acceptors (Lipinski definition) is 4. The van der Waals surface area contributed by atoms with Gasteiger partial charge < -0.3 is 5.32 Å². The van der Waals surface area contributed by atoms with Crippen LogP contribution >= 0.6 is 11.3 Å². The normalized spacial score (nSPS) is 11.2. The largest absolute Gasteiger partial charge is 0.417 e. The molecule has 2 aromatic carbocycles. The van der Waals surface area contributed by atoms with Crippen molar-refractivity contribution < 1.29 is 22.8 Å². The number of amides is 2. The smallest absolute Gasteiger partial charge is 0.356 e. The van der Waals surface area contributed by atoms with Gasteiger partial charge in [0.15, 0.2) is 5.13 Å². The number of carbonyl (C=O) groups is 2. The predicted octanol–water partition coefficient (Wildman–Crippen LogP) is 5.15. The quantitative estimate of drug-likeness (QED) is 0.492. The van der Waals surface area contributed by atoms with E-state index < -0.39 is 23.2 Å². The Hall–Kier alpha value is -3.20. The van der Waals surface area contributed by atoms with Crippen LogP contribution in [0.3, 0.4) is 0 Å². The van der Waals surface area contributed by atoms with Crippen LogP contribution < -0.4 is 10.6 Å². The number of aromatic nitrogens is 1. The summed E-state index contributed by atoms with van der Waals surface area (Å²) >= 11 is 1.14. The number of nitrogens with one attached hydrogen (secondary N) is 2. The van der Waals surface area contributed by atoms with Gasteiger partial charge in [-0.15, -0.1) is 11.3 Å². The first-order valence-corrected chi connectivity index (χ1v) is 10.4. The first kappa shape index (κ1) is 22.5. The SMILES string of the molecule is CC(=O)NCCCc1ccc(-c2csc(NC(=O)c3ccccc3C(F)(F)F)n2)cc1. The van der Waals surface area contributed by atoms with Crippen LogP contribution in [0.1, 0.15) is 34.8 Å². The lowest BCUT2D eigenvalue weighted by atomic mass is 10.1. The molecule has 0 aliphatic rings. The highest BCUT2D eigenvalue weighted by molar-refractivity contribution is 7.14. The van der Waals surface area contributed by atoms with Gasteiger partial charge in [0.05, 0.1) is 16.8 Å². The number of benzene rings is 2. The molecule has 5 nitrogen and oxygen atoms in total. The van der Waals surface area contributed by atoms with E-state index >= 15 is 0 Å². The molecule has 0 bridgehead atoms. The minimum Gasteiger partial charge on any atom is -0.356 e. The van der Waals surface area contributed by atoms with Crippen molar-refractivity contribution in [2.45, 2.75) is 25.9 Å². The zero-order chi connectivity index (χ0) is 22.4. The Bertz CT molecular complexity index is 1060. The molecule has 0 aliphatic heterocycles. The second kappa shape index (κ2) is 9.74. The van der Waals surface area contributed by atoms with Crippen LogP contribution in [0.2, 0.25) is 0 Å². The first-order valence-electron chi connectivity index (χ1n) is 9.51. The number of hydrogen-bond donors (Lipinski definition) is 2. The Kier molecular flexibility index (Phi) is 7.06. The second-order valence-electron chi connectivity index (χ2n) is 6.82. The Morgan fingerprint density at radius 3 is 2.45 bits per heavy atom. The Morgan fingerprint density at radius 1 is 1.06 bits per heavy atom. The molecule has 3 aromatic rings. The van der Waals surface area contributed by atoms with E-state index in [1.807, 2.05) is 24.3 Å². The summed E-state index contributed by atoms with van der Waals surface area (Å²) in [5.74, 6) is -0.910. The molecule has 0 saturated heterocycles. The number of alkyl halides is 3. The maximum atomic E-state index is 13.1. The van der Waals surface area contributed by atoms with E-state index in [2.05, 4.69) is 15.6 Å². The molecule has 0 saturated carbocycles. The molecule has 2 N–H and O–H groups in total. The summed E-state index contributed by atoms with van der Waals surface area (Å²) in [7, 11) is 0. The van der Waals surface area contributed by atoms with E-state index in [1.165, 1.54) is 19.1 Å². The Balaban J connectivity index is 1.64. The van der Waals surface area contributed by atoms with Crippen molar-refractivity contribution in [3.05, 3.63) is 70.6 Å². The van der Waals surface area contributed by atoms with Crippen molar-refractivity contribution >= 4 is 28.3 Å². The number of nitrogens with zero attached hydrogens (tertiary/aromatic N) is 1. The van der Waals surface area contributed by atoms with Gasteiger partial charge in [0, 0.05) is 24.4 Å². The van der Waals surface area contributed by atoms with E-state index in [4.69, 9.17) is 0 Å². The molecular weight excluding hydrogens is 427 g/mol. The van der Waals surface area contributed by atoms with Crippen molar-refractivity contribution in [1.82, 2.24) is 10.3 Å². The third kappa shape index (κ3) is 6.14. The Labute approximate surface area is 181 Å². The topological polar surface area (TPSA) is 71.1 Å². The third-order valence-corrected chi connectivity index (χ3v) is 5.23. The molecule has 31 heavy (non-hydrogen) atoms. The van der Waals surface area contributed by atoms with Crippen LogP contribution in [0.15, 0.2) is 53.9 Å². The molecule has 0 aliphatic carbocycles. The van der Waals surface area contributed by atoms with Crippen molar-refractivity contribution in [2.24, 2.45) is 0 Å². The van der Waals surface area contributed by atoms with E-state index in [0.717, 1.165) is 47.4 Å². The lowest BCUT2D eigenvalue weighted by Crippen LogP contribution is -2.21. The van der Waals surface area contributed by atoms with Gasteiger partial charge in [0.1, 0.15) is 0 Å². The zero-order valence-corrected chi connectivity index (χ0v) is 17.4. The van der Waals surface area contributed by atoms with Gasteiger partial charge in [-0.05, 0) is 30.5 Å². The molecule has 9 heteroatoms. The highest BCUT2D eigenvalue weighted by Crippen LogP contribution is 2.32. The molecule has 3 rings (SSSR count). The van der Waals surface area contributed by atoms with Crippen molar-refractivity contribution in [2.75, 3.05) is 11.9 Å². The zero-order valence-electron chi connectivity index (χ0n) is 16.6. The van der Waals surface area contributed by atoms with Gasteiger partial charge in [-0.1, -0.05) is 36.4 Å². The van der Waals surface area contributed by atoms with Gasteiger partial charge in [-0.2, -0.15) is 13.2 Å². The maximum Gasteiger partial charge on any atom is 0.417 e. The van der Waals surface area contributed by atoms with E-state index in [-0.39, 0.29) is 11.0 Å². The van der Waals surface area contributed by atoms with Crippen molar-refractivity contribution in [1.29, 1.82) is 0 Å². The van der Waals surface area contributed by atoms with Gasteiger partial charge in [0.2, 0.25) is 5.91 Å². The molecular formula is C22H20F3N3O2S. The highest BCUT2D eigenvalue weighted by Gasteiger charge is 2.34. The number of aryl methyl sites for hydroxylation is 1. The summed E-state index contributed by atoms with van der Waals surface area (Å²) in [6.45, 7) is 2.10. The van der Waals surface area contributed by atoms with Gasteiger partial charge in [0.25, 0.3) is 5.91 Å². The number of halogens is 3. The average molecular weight is 447 g/mol. The molecule has 0 radical (unpaired) electrons. The summed E-state index contributed by atoms with van der Waals surface area (Å²) in [6, 6.07) is 12.3. The minimum absolute atomic E-state index is 0.0522. The fourth-order valence-corrected chi connectivity index (χ4v) is 3.67. The standard InChI is InChI=1S/C22H20F3N3O2S/c1-14(29)26-12-4-5-15-8-10-16(11-9-15)19-13-31-21(27-19)28-20(30)17-6-2-3-7-18(17)22(23,24)25/h2-3,6-11,13H,4-5,12H2,1H3,(H,26,29)(H,27,28,30). The molecule has 1 aromatic heterocycles. The summed E-state index contributed by atoms with van der Waals surface area (Å²) < 4.78 is 39.4. The number of carbonyl (C=O) groups excluding carboxylic acids is 2. The summed E-state index contributed by atoms with van der Waals surface area (Å²) in [4.78, 5) is 27.6. The van der Waals surface area contributed by atoms with Crippen LogP contribution in [0.25, 0.3) is 11.3 Å². The molecule has 0 unspecified atom stereocenters. The summed E-state index contributed by atoms with van der Waals surface area (Å²) in [5.41, 5.74) is 1.13.